The molecule has 0 aliphatic heterocycles. The molecule has 0 unspecified atom stereocenters. The summed E-state index contributed by atoms with van der Waals surface area (Å²) in [5.41, 5.74) is 3.20. The lowest BCUT2D eigenvalue weighted by Gasteiger charge is -2.09. The lowest BCUT2D eigenvalue weighted by Crippen LogP contribution is -1.98. The first kappa shape index (κ1) is 10.6. The van der Waals surface area contributed by atoms with Crippen molar-refractivity contribution in [3.05, 3.63) is 33.3 Å². The van der Waals surface area contributed by atoms with E-state index in [0.29, 0.717) is 10.6 Å². The number of halogens is 2. The van der Waals surface area contributed by atoms with Gasteiger partial charge in [-0.1, -0.05) is 11.6 Å². The van der Waals surface area contributed by atoms with Crippen molar-refractivity contribution in [1.82, 2.24) is 0 Å². The van der Waals surface area contributed by atoms with E-state index in [-0.39, 0.29) is 0 Å². The fourth-order valence-electron chi connectivity index (χ4n) is 1.25. The van der Waals surface area contributed by atoms with Crippen LogP contribution < -0.4 is 0 Å². The van der Waals surface area contributed by atoms with Gasteiger partial charge in [0.2, 0.25) is 0 Å². The Hall–Kier alpha value is -0.530. The predicted molar refractivity (Wildman–Crippen MR) is 55.8 cm³/mol. The van der Waals surface area contributed by atoms with Crippen molar-refractivity contribution in [1.29, 1.82) is 0 Å². The molecule has 1 rings (SSSR count). The van der Waals surface area contributed by atoms with Gasteiger partial charge in [-0.15, -0.1) is 0 Å². The van der Waals surface area contributed by atoms with Gasteiger partial charge < -0.3 is 0 Å². The van der Waals surface area contributed by atoms with Gasteiger partial charge in [0.15, 0.2) is 0 Å². The summed E-state index contributed by atoms with van der Waals surface area (Å²) < 4.78 is 0. The fourth-order valence-corrected chi connectivity index (χ4v) is 1.65. The summed E-state index contributed by atoms with van der Waals surface area (Å²) in [7, 11) is 0. The van der Waals surface area contributed by atoms with Crippen molar-refractivity contribution in [2.45, 2.75) is 20.8 Å². The molecule has 0 spiro atoms. The average Bonchev–Trinajstić information content (AvgIpc) is 2.07. The van der Waals surface area contributed by atoms with Crippen molar-refractivity contribution in [3.8, 4) is 0 Å². The molecule has 13 heavy (non-hydrogen) atoms. The standard InChI is InChI=1S/C10H10Cl2O/c1-5-4-8(10(12)13)6(2)7(3)9(5)11/h4H,1-3H3. The van der Waals surface area contributed by atoms with Crippen molar-refractivity contribution >= 4 is 28.4 Å². The SMILES string of the molecule is Cc1cc(C(=O)Cl)c(C)c(C)c1Cl. The summed E-state index contributed by atoms with van der Waals surface area (Å²) in [6, 6.07) is 1.72. The van der Waals surface area contributed by atoms with Crippen LogP contribution in [0.3, 0.4) is 0 Å². The van der Waals surface area contributed by atoms with Crippen molar-refractivity contribution < 1.29 is 4.79 Å². The van der Waals surface area contributed by atoms with Crippen LogP contribution in [0.5, 0.6) is 0 Å². The molecule has 0 aromatic heterocycles. The molecule has 0 aliphatic rings. The number of carbonyl (C=O) groups is 1. The Labute approximate surface area is 87.7 Å². The fraction of sp³-hybridized carbons (Fsp3) is 0.300. The van der Waals surface area contributed by atoms with Crippen LogP contribution in [0.4, 0.5) is 0 Å². The molecule has 0 radical (unpaired) electrons. The van der Waals surface area contributed by atoms with Gasteiger partial charge in [0, 0.05) is 10.6 Å². The van der Waals surface area contributed by atoms with Crippen molar-refractivity contribution in [2.75, 3.05) is 0 Å². The Morgan fingerprint density at radius 1 is 1.23 bits per heavy atom. The zero-order valence-electron chi connectivity index (χ0n) is 7.74. The number of hydrogen-bond acceptors (Lipinski definition) is 1. The molecule has 0 bridgehead atoms. The van der Waals surface area contributed by atoms with E-state index in [1.54, 1.807) is 6.07 Å². The van der Waals surface area contributed by atoms with Crippen LogP contribution in [0.1, 0.15) is 27.0 Å². The predicted octanol–water partition coefficient (Wildman–Crippen LogP) is 3.64. The number of benzene rings is 1. The maximum absolute atomic E-state index is 11.0. The van der Waals surface area contributed by atoms with Crippen LogP contribution in [-0.4, -0.2) is 5.24 Å². The normalized spacial score (nSPS) is 10.2. The minimum absolute atomic E-state index is 0.430. The lowest BCUT2D eigenvalue weighted by atomic mass is 10.0. The monoisotopic (exact) mass is 216 g/mol. The Morgan fingerprint density at radius 3 is 2.23 bits per heavy atom. The topological polar surface area (TPSA) is 17.1 Å². The first-order valence-corrected chi connectivity index (χ1v) is 4.67. The van der Waals surface area contributed by atoms with E-state index in [4.69, 9.17) is 23.2 Å². The van der Waals surface area contributed by atoms with Gasteiger partial charge in [0.25, 0.3) is 5.24 Å². The Morgan fingerprint density at radius 2 is 1.77 bits per heavy atom. The second-order valence-electron chi connectivity index (χ2n) is 3.08. The molecule has 3 heteroatoms. The van der Waals surface area contributed by atoms with Crippen LogP contribution in [0, 0.1) is 20.8 Å². The molecule has 0 aliphatic carbocycles. The molecule has 0 amide bonds. The van der Waals surface area contributed by atoms with E-state index < -0.39 is 5.24 Å². The van der Waals surface area contributed by atoms with Gasteiger partial charge in [0.1, 0.15) is 0 Å². The summed E-state index contributed by atoms with van der Waals surface area (Å²) in [5.74, 6) is 0. The maximum Gasteiger partial charge on any atom is 0.252 e. The summed E-state index contributed by atoms with van der Waals surface area (Å²) >= 11 is 11.4. The Balaban J connectivity index is 3.50. The molecule has 0 atom stereocenters. The highest BCUT2D eigenvalue weighted by Gasteiger charge is 2.12. The highest BCUT2D eigenvalue weighted by atomic mass is 35.5. The van der Waals surface area contributed by atoms with E-state index in [1.165, 1.54) is 0 Å². The number of rotatable bonds is 1. The Bertz CT molecular complexity index is 370. The molecule has 0 heterocycles. The summed E-state index contributed by atoms with van der Waals surface area (Å²) in [5, 5.41) is 0.277. The molecule has 0 saturated carbocycles. The molecular formula is C10H10Cl2O. The molecular weight excluding hydrogens is 207 g/mol. The number of hydrogen-bond donors (Lipinski definition) is 0. The molecule has 0 fully saturated rings. The van der Waals surface area contributed by atoms with Gasteiger partial charge in [-0.05, 0) is 55.1 Å². The van der Waals surface area contributed by atoms with E-state index >= 15 is 0 Å². The molecule has 70 valence electrons. The molecule has 1 nitrogen and oxygen atoms in total. The van der Waals surface area contributed by atoms with E-state index in [1.807, 2.05) is 20.8 Å². The van der Waals surface area contributed by atoms with Gasteiger partial charge in [0.05, 0.1) is 0 Å². The second-order valence-corrected chi connectivity index (χ2v) is 3.80. The largest absolute Gasteiger partial charge is 0.276 e. The van der Waals surface area contributed by atoms with Crippen LogP contribution in [0.2, 0.25) is 5.02 Å². The third-order valence-corrected chi connectivity index (χ3v) is 3.00. The van der Waals surface area contributed by atoms with Gasteiger partial charge in [-0.3, -0.25) is 4.79 Å². The summed E-state index contributed by atoms with van der Waals surface area (Å²) in [4.78, 5) is 11.0. The zero-order chi connectivity index (χ0) is 10.2. The minimum Gasteiger partial charge on any atom is -0.276 e. The number of carbonyl (C=O) groups excluding carboxylic acids is 1. The van der Waals surface area contributed by atoms with E-state index in [0.717, 1.165) is 16.7 Å². The molecule has 1 aromatic carbocycles. The highest BCUT2D eigenvalue weighted by Crippen LogP contribution is 2.26. The smallest absolute Gasteiger partial charge is 0.252 e. The highest BCUT2D eigenvalue weighted by molar-refractivity contribution is 6.68. The van der Waals surface area contributed by atoms with Crippen LogP contribution >= 0.6 is 23.2 Å². The summed E-state index contributed by atoms with van der Waals surface area (Å²) in [6.45, 7) is 5.59. The maximum atomic E-state index is 11.0. The van der Waals surface area contributed by atoms with Gasteiger partial charge >= 0.3 is 0 Å². The van der Waals surface area contributed by atoms with Crippen molar-refractivity contribution in [2.24, 2.45) is 0 Å². The Kier molecular flexibility index (Phi) is 2.99. The first-order valence-electron chi connectivity index (χ1n) is 3.91. The zero-order valence-corrected chi connectivity index (χ0v) is 9.25. The molecule has 0 N–H and O–H groups in total. The second kappa shape index (κ2) is 3.69. The molecule has 1 aromatic rings. The van der Waals surface area contributed by atoms with Crippen LogP contribution in [0.25, 0.3) is 0 Å². The van der Waals surface area contributed by atoms with Gasteiger partial charge in [-0.2, -0.15) is 0 Å². The first-order chi connectivity index (χ1) is 5.95. The third-order valence-electron chi connectivity index (χ3n) is 2.21. The van der Waals surface area contributed by atoms with Crippen LogP contribution in [0.15, 0.2) is 6.07 Å². The van der Waals surface area contributed by atoms with Crippen LogP contribution in [-0.2, 0) is 0 Å². The molecule has 0 saturated heterocycles. The summed E-state index contributed by atoms with van der Waals surface area (Å²) in [6.07, 6.45) is 0. The third kappa shape index (κ3) is 1.87. The van der Waals surface area contributed by atoms with Crippen molar-refractivity contribution in [3.63, 3.8) is 0 Å². The quantitative estimate of drug-likeness (QED) is 0.656. The number of aryl methyl sites for hydroxylation is 1. The minimum atomic E-state index is -0.430. The van der Waals surface area contributed by atoms with E-state index in [9.17, 15) is 4.79 Å². The average molecular weight is 217 g/mol. The lowest BCUT2D eigenvalue weighted by molar-refractivity contribution is 0.108. The van der Waals surface area contributed by atoms with Gasteiger partial charge in [-0.25, -0.2) is 0 Å². The van der Waals surface area contributed by atoms with E-state index in [2.05, 4.69) is 0 Å².